The first-order valence-electron chi connectivity index (χ1n) is 10.6. The zero-order chi connectivity index (χ0) is 25.7. The summed E-state index contributed by atoms with van der Waals surface area (Å²) < 4.78 is 0. The van der Waals surface area contributed by atoms with Gasteiger partial charge in [-0.15, -0.1) is 5.12 Å². The van der Waals surface area contributed by atoms with Crippen LogP contribution in [-0.2, 0) is 4.79 Å². The molecule has 3 aromatic rings. The Bertz CT molecular complexity index is 1350. The van der Waals surface area contributed by atoms with E-state index in [9.17, 15) is 24.5 Å². The average Bonchev–Trinajstić information content (AvgIpc) is 3.31. The fourth-order valence-electron chi connectivity index (χ4n) is 3.44. The van der Waals surface area contributed by atoms with Crippen LogP contribution in [0.4, 0.5) is 5.69 Å². The number of hydrogen-bond acceptors (Lipinski definition) is 7. The van der Waals surface area contributed by atoms with Crippen molar-refractivity contribution >= 4 is 35.0 Å². The summed E-state index contributed by atoms with van der Waals surface area (Å²) in [4.78, 5) is 48.6. The van der Waals surface area contributed by atoms with Crippen LogP contribution < -0.4 is 21.7 Å². The van der Waals surface area contributed by atoms with E-state index in [2.05, 4.69) is 21.7 Å². The Morgan fingerprint density at radius 1 is 0.861 bits per heavy atom. The SMILES string of the molecule is O=C(NNC(=O)c1ccc(Cl)cc1)C1=CC(c2ccccc2)N(NC(=O)c2ccccc2[N+](=O)[O-])N1. The van der Waals surface area contributed by atoms with E-state index < -0.39 is 28.7 Å². The molecule has 36 heavy (non-hydrogen) atoms. The van der Waals surface area contributed by atoms with Crippen LogP contribution in [0.5, 0.6) is 0 Å². The molecule has 0 radical (unpaired) electrons. The second-order valence-electron chi connectivity index (χ2n) is 7.55. The number of benzene rings is 3. The zero-order valence-electron chi connectivity index (χ0n) is 18.5. The van der Waals surface area contributed by atoms with E-state index in [0.29, 0.717) is 5.02 Å². The van der Waals surface area contributed by atoms with E-state index in [4.69, 9.17) is 11.6 Å². The normalized spacial score (nSPS) is 14.8. The Labute approximate surface area is 209 Å². The molecule has 0 saturated carbocycles. The highest BCUT2D eigenvalue weighted by Gasteiger charge is 2.32. The molecule has 0 bridgehead atoms. The Hall–Kier alpha value is -4.74. The second-order valence-corrected chi connectivity index (χ2v) is 7.98. The predicted molar refractivity (Wildman–Crippen MR) is 130 cm³/mol. The highest BCUT2D eigenvalue weighted by molar-refractivity contribution is 6.30. The number of nitro benzene ring substituents is 1. The zero-order valence-corrected chi connectivity index (χ0v) is 19.2. The lowest BCUT2D eigenvalue weighted by molar-refractivity contribution is -0.385. The van der Waals surface area contributed by atoms with Gasteiger partial charge in [-0.2, -0.15) is 0 Å². The molecule has 0 aromatic heterocycles. The number of carbonyl (C=O) groups is 3. The molecule has 4 rings (SSSR count). The van der Waals surface area contributed by atoms with Crippen molar-refractivity contribution in [2.75, 3.05) is 0 Å². The first-order valence-corrected chi connectivity index (χ1v) is 10.9. The molecule has 1 aliphatic heterocycles. The monoisotopic (exact) mass is 506 g/mol. The fraction of sp³-hybridized carbons (Fsp3) is 0.0417. The molecule has 3 amide bonds. The van der Waals surface area contributed by atoms with Crippen molar-refractivity contribution in [1.82, 2.24) is 26.8 Å². The number of nitrogens with zero attached hydrogens (tertiary/aromatic N) is 2. The van der Waals surface area contributed by atoms with Gasteiger partial charge in [0.2, 0.25) is 0 Å². The molecule has 0 aliphatic carbocycles. The summed E-state index contributed by atoms with van der Waals surface area (Å²) in [5.41, 5.74) is 10.5. The Morgan fingerprint density at radius 3 is 2.19 bits per heavy atom. The average molecular weight is 507 g/mol. The minimum absolute atomic E-state index is 0.0307. The van der Waals surface area contributed by atoms with Crippen LogP contribution in [0.1, 0.15) is 32.3 Å². The summed E-state index contributed by atoms with van der Waals surface area (Å²) in [5, 5.41) is 13.0. The summed E-state index contributed by atoms with van der Waals surface area (Å²) in [6, 6.07) is 19.9. The molecule has 1 aliphatic rings. The summed E-state index contributed by atoms with van der Waals surface area (Å²) in [6.45, 7) is 0. The van der Waals surface area contributed by atoms with Crippen LogP contribution >= 0.6 is 11.6 Å². The van der Waals surface area contributed by atoms with Crippen LogP contribution in [0.15, 0.2) is 90.6 Å². The maximum absolute atomic E-state index is 12.9. The number of rotatable bonds is 6. The summed E-state index contributed by atoms with van der Waals surface area (Å²) in [5.74, 6) is -1.98. The van der Waals surface area contributed by atoms with Crippen molar-refractivity contribution in [2.45, 2.75) is 6.04 Å². The van der Waals surface area contributed by atoms with Gasteiger partial charge < -0.3 is 0 Å². The summed E-state index contributed by atoms with van der Waals surface area (Å²) in [6.07, 6.45) is 1.54. The van der Waals surface area contributed by atoms with Gasteiger partial charge in [-0.1, -0.05) is 54.1 Å². The summed E-state index contributed by atoms with van der Waals surface area (Å²) in [7, 11) is 0. The molecule has 4 N–H and O–H groups in total. The Balaban J connectivity index is 1.49. The third-order valence-corrected chi connectivity index (χ3v) is 5.44. The van der Waals surface area contributed by atoms with Crippen LogP contribution in [0.25, 0.3) is 0 Å². The lowest BCUT2D eigenvalue weighted by atomic mass is 10.1. The number of para-hydroxylation sites is 1. The topological polar surface area (TPSA) is 146 Å². The lowest BCUT2D eigenvalue weighted by Crippen LogP contribution is -2.51. The van der Waals surface area contributed by atoms with Gasteiger partial charge in [-0.25, -0.2) is 0 Å². The third kappa shape index (κ3) is 5.49. The van der Waals surface area contributed by atoms with Gasteiger partial charge in [-0.3, -0.25) is 46.2 Å². The number of nitro groups is 1. The smallest absolute Gasteiger partial charge is 0.286 e. The molecule has 0 spiro atoms. The quantitative estimate of drug-likeness (QED) is 0.297. The van der Waals surface area contributed by atoms with Gasteiger partial charge in [-0.05, 0) is 42.0 Å². The lowest BCUT2D eigenvalue weighted by Gasteiger charge is -2.25. The van der Waals surface area contributed by atoms with Gasteiger partial charge in [0.15, 0.2) is 0 Å². The standard InChI is InChI=1S/C24H19ClN6O5/c25-17-12-10-16(11-13-17)22(32)26-27-24(34)19-14-21(15-6-2-1-3-7-15)30(28-19)29-23(33)18-8-4-5-9-20(18)31(35)36/h1-14,21,28H,(H,26,32)(H,27,34)(H,29,33). The summed E-state index contributed by atoms with van der Waals surface area (Å²) >= 11 is 5.82. The van der Waals surface area contributed by atoms with Gasteiger partial charge in [0.05, 0.1) is 11.0 Å². The number of hydrazine groups is 3. The number of amides is 3. The number of hydrogen-bond donors (Lipinski definition) is 4. The molecule has 182 valence electrons. The first-order chi connectivity index (χ1) is 17.3. The van der Waals surface area contributed by atoms with E-state index in [1.807, 2.05) is 6.07 Å². The van der Waals surface area contributed by atoms with E-state index in [1.54, 1.807) is 42.5 Å². The molecule has 3 aromatic carbocycles. The molecule has 11 nitrogen and oxygen atoms in total. The van der Waals surface area contributed by atoms with Crippen molar-refractivity contribution in [2.24, 2.45) is 0 Å². The van der Waals surface area contributed by atoms with E-state index in [0.717, 1.165) is 5.56 Å². The van der Waals surface area contributed by atoms with Crippen LogP contribution in [0.3, 0.4) is 0 Å². The van der Waals surface area contributed by atoms with E-state index in [1.165, 1.54) is 41.5 Å². The molecule has 1 unspecified atom stereocenters. The highest BCUT2D eigenvalue weighted by atomic mass is 35.5. The Morgan fingerprint density at radius 2 is 1.50 bits per heavy atom. The van der Waals surface area contributed by atoms with Gasteiger partial charge in [0.1, 0.15) is 11.3 Å². The van der Waals surface area contributed by atoms with Gasteiger partial charge >= 0.3 is 0 Å². The van der Waals surface area contributed by atoms with E-state index >= 15 is 0 Å². The van der Waals surface area contributed by atoms with Crippen molar-refractivity contribution < 1.29 is 19.3 Å². The van der Waals surface area contributed by atoms with Crippen molar-refractivity contribution in [3.05, 3.63) is 122 Å². The van der Waals surface area contributed by atoms with Crippen molar-refractivity contribution in [3.63, 3.8) is 0 Å². The number of carbonyl (C=O) groups excluding carboxylic acids is 3. The molecule has 1 heterocycles. The molecule has 12 heteroatoms. The second kappa shape index (κ2) is 10.7. The van der Waals surface area contributed by atoms with Gasteiger partial charge in [0, 0.05) is 16.7 Å². The fourth-order valence-corrected chi connectivity index (χ4v) is 3.56. The van der Waals surface area contributed by atoms with Crippen LogP contribution in [0, 0.1) is 10.1 Å². The minimum atomic E-state index is -0.748. The van der Waals surface area contributed by atoms with Gasteiger partial charge in [0.25, 0.3) is 23.4 Å². The van der Waals surface area contributed by atoms with Crippen LogP contribution in [0.2, 0.25) is 5.02 Å². The maximum Gasteiger partial charge on any atom is 0.286 e. The van der Waals surface area contributed by atoms with Crippen molar-refractivity contribution in [3.8, 4) is 0 Å². The van der Waals surface area contributed by atoms with Crippen LogP contribution in [-0.4, -0.2) is 27.8 Å². The first kappa shape index (κ1) is 24.4. The molecular weight excluding hydrogens is 488 g/mol. The van der Waals surface area contributed by atoms with Crippen molar-refractivity contribution in [1.29, 1.82) is 0 Å². The third-order valence-electron chi connectivity index (χ3n) is 5.19. The Kier molecular flexibility index (Phi) is 7.23. The predicted octanol–water partition coefficient (Wildman–Crippen LogP) is 2.80. The molecule has 1 atom stereocenters. The largest absolute Gasteiger partial charge is 0.295 e. The molecular formula is C24H19ClN6O5. The minimum Gasteiger partial charge on any atom is -0.295 e. The number of nitrogens with one attached hydrogen (secondary N) is 4. The van der Waals surface area contributed by atoms with E-state index in [-0.39, 0.29) is 22.5 Å². The number of halogens is 1. The highest BCUT2D eigenvalue weighted by Crippen LogP contribution is 2.26. The molecule has 0 fully saturated rings. The molecule has 0 saturated heterocycles. The maximum atomic E-state index is 12.9.